The van der Waals surface area contributed by atoms with Crippen LogP contribution in [0, 0.1) is 0 Å². The molecule has 0 unspecified atom stereocenters. The van der Waals surface area contributed by atoms with Crippen LogP contribution in [0.3, 0.4) is 0 Å². The second-order valence-electron chi connectivity index (χ2n) is 4.34. The molecule has 0 N–H and O–H groups in total. The molecular formula is C15H16ClNO. The summed E-state index contributed by atoms with van der Waals surface area (Å²) in [7, 11) is 0. The van der Waals surface area contributed by atoms with Crippen LogP contribution in [0.5, 0.6) is 0 Å². The summed E-state index contributed by atoms with van der Waals surface area (Å²) >= 11 is 6.11. The van der Waals surface area contributed by atoms with Gasteiger partial charge < -0.3 is 4.57 Å². The van der Waals surface area contributed by atoms with E-state index >= 15 is 0 Å². The Morgan fingerprint density at radius 1 is 1.28 bits per heavy atom. The van der Waals surface area contributed by atoms with Gasteiger partial charge in [-0.05, 0) is 24.1 Å². The highest BCUT2D eigenvalue weighted by atomic mass is 35.5. The summed E-state index contributed by atoms with van der Waals surface area (Å²) < 4.78 is 1.99. The third-order valence-corrected chi connectivity index (χ3v) is 3.23. The molecule has 1 heterocycles. The number of carbonyl (C=O) groups excluding carboxylic acids is 1. The van der Waals surface area contributed by atoms with Crippen LogP contribution in [-0.4, -0.2) is 10.4 Å². The molecule has 0 aliphatic heterocycles. The Morgan fingerprint density at radius 3 is 2.78 bits per heavy atom. The molecule has 2 aromatic rings. The van der Waals surface area contributed by atoms with Crippen molar-refractivity contribution < 1.29 is 4.79 Å². The Morgan fingerprint density at radius 2 is 2.06 bits per heavy atom. The topological polar surface area (TPSA) is 22.0 Å². The van der Waals surface area contributed by atoms with Crippen molar-refractivity contribution in [1.29, 1.82) is 0 Å². The van der Waals surface area contributed by atoms with Gasteiger partial charge in [0, 0.05) is 35.9 Å². The summed E-state index contributed by atoms with van der Waals surface area (Å²) in [5.74, 6) is 0.204. The number of rotatable bonds is 5. The predicted molar refractivity (Wildman–Crippen MR) is 74.2 cm³/mol. The van der Waals surface area contributed by atoms with Crippen LogP contribution in [0.1, 0.15) is 35.7 Å². The van der Waals surface area contributed by atoms with Gasteiger partial charge in [0.2, 0.25) is 0 Å². The van der Waals surface area contributed by atoms with Gasteiger partial charge in [-0.3, -0.25) is 4.79 Å². The number of carbonyl (C=O) groups is 1. The maximum atomic E-state index is 11.7. The fourth-order valence-corrected chi connectivity index (χ4v) is 2.09. The van der Waals surface area contributed by atoms with E-state index in [1.54, 1.807) is 0 Å². The molecule has 0 bridgehead atoms. The average molecular weight is 262 g/mol. The van der Waals surface area contributed by atoms with E-state index in [9.17, 15) is 4.79 Å². The fourth-order valence-electron chi connectivity index (χ4n) is 1.90. The van der Waals surface area contributed by atoms with Gasteiger partial charge >= 0.3 is 0 Å². The van der Waals surface area contributed by atoms with Crippen LogP contribution in [0.15, 0.2) is 42.7 Å². The van der Waals surface area contributed by atoms with Gasteiger partial charge in [0.25, 0.3) is 0 Å². The summed E-state index contributed by atoms with van der Waals surface area (Å²) in [6.07, 6.45) is 5.30. The molecule has 1 aromatic carbocycles. The number of Topliss-reactive ketones (excluding diaryl/α,β-unsaturated/α-hetero) is 1. The standard InChI is InChI=1S/C15H16ClNO/c1-2-5-15(18)13-8-9-17(11-13)10-12-6-3-4-7-14(12)16/h3-4,6-9,11H,2,5,10H2,1H3. The molecule has 0 saturated heterocycles. The average Bonchev–Trinajstić information content (AvgIpc) is 2.81. The Hall–Kier alpha value is -1.54. The van der Waals surface area contributed by atoms with E-state index in [2.05, 4.69) is 0 Å². The summed E-state index contributed by atoms with van der Waals surface area (Å²) in [6.45, 7) is 2.71. The smallest absolute Gasteiger partial charge is 0.164 e. The normalized spacial score (nSPS) is 10.6. The highest BCUT2D eigenvalue weighted by molar-refractivity contribution is 6.31. The van der Waals surface area contributed by atoms with Gasteiger partial charge in [0.05, 0.1) is 0 Å². The third kappa shape index (κ3) is 3.02. The van der Waals surface area contributed by atoms with Crippen molar-refractivity contribution in [3.63, 3.8) is 0 Å². The first-order chi connectivity index (χ1) is 8.70. The van der Waals surface area contributed by atoms with Crippen LogP contribution in [0.2, 0.25) is 5.02 Å². The molecule has 0 atom stereocenters. The number of hydrogen-bond acceptors (Lipinski definition) is 1. The van der Waals surface area contributed by atoms with Gasteiger partial charge in [0.1, 0.15) is 0 Å². The Kier molecular flexibility index (Phi) is 4.21. The number of ketones is 1. The lowest BCUT2D eigenvalue weighted by Gasteiger charge is -2.05. The molecule has 0 aliphatic rings. The molecule has 3 heteroatoms. The SMILES string of the molecule is CCCC(=O)c1ccn(Cc2ccccc2Cl)c1. The minimum Gasteiger partial charge on any atom is -0.349 e. The number of halogens is 1. The third-order valence-electron chi connectivity index (χ3n) is 2.86. The first-order valence-corrected chi connectivity index (χ1v) is 6.51. The molecule has 2 rings (SSSR count). The van der Waals surface area contributed by atoms with E-state index in [0.29, 0.717) is 13.0 Å². The Bertz CT molecular complexity index is 545. The van der Waals surface area contributed by atoms with E-state index in [1.807, 2.05) is 54.2 Å². The van der Waals surface area contributed by atoms with Crippen LogP contribution >= 0.6 is 11.6 Å². The van der Waals surface area contributed by atoms with Crippen molar-refractivity contribution in [2.75, 3.05) is 0 Å². The van der Waals surface area contributed by atoms with Crippen molar-refractivity contribution >= 4 is 17.4 Å². The van der Waals surface area contributed by atoms with E-state index in [4.69, 9.17) is 11.6 Å². The maximum absolute atomic E-state index is 11.7. The van der Waals surface area contributed by atoms with E-state index in [0.717, 1.165) is 22.6 Å². The lowest BCUT2D eigenvalue weighted by molar-refractivity contribution is 0.0981. The number of benzene rings is 1. The minimum absolute atomic E-state index is 0.204. The van der Waals surface area contributed by atoms with E-state index in [-0.39, 0.29) is 5.78 Å². The second kappa shape index (κ2) is 5.87. The zero-order valence-electron chi connectivity index (χ0n) is 10.4. The molecule has 0 radical (unpaired) electrons. The minimum atomic E-state index is 0.204. The highest BCUT2D eigenvalue weighted by Gasteiger charge is 2.07. The summed E-state index contributed by atoms with van der Waals surface area (Å²) in [6, 6.07) is 9.62. The van der Waals surface area contributed by atoms with Gasteiger partial charge in [-0.2, -0.15) is 0 Å². The summed E-state index contributed by atoms with van der Waals surface area (Å²) in [5, 5.41) is 0.757. The van der Waals surface area contributed by atoms with Crippen LogP contribution < -0.4 is 0 Å². The Labute approximate surface area is 112 Å². The molecule has 0 aliphatic carbocycles. The Balaban J connectivity index is 2.12. The van der Waals surface area contributed by atoms with Crippen molar-refractivity contribution in [2.24, 2.45) is 0 Å². The number of nitrogens with zero attached hydrogens (tertiary/aromatic N) is 1. The van der Waals surface area contributed by atoms with Crippen LogP contribution in [-0.2, 0) is 6.54 Å². The van der Waals surface area contributed by atoms with Crippen LogP contribution in [0.25, 0.3) is 0 Å². The summed E-state index contributed by atoms with van der Waals surface area (Å²) in [4.78, 5) is 11.7. The van der Waals surface area contributed by atoms with Gasteiger partial charge in [-0.1, -0.05) is 36.7 Å². The first kappa shape index (κ1) is 12.9. The van der Waals surface area contributed by atoms with E-state index < -0.39 is 0 Å². The van der Waals surface area contributed by atoms with Crippen molar-refractivity contribution in [3.8, 4) is 0 Å². The monoisotopic (exact) mass is 261 g/mol. The lowest BCUT2D eigenvalue weighted by atomic mass is 10.1. The van der Waals surface area contributed by atoms with Crippen LogP contribution in [0.4, 0.5) is 0 Å². The fraction of sp³-hybridized carbons (Fsp3) is 0.267. The molecule has 0 spiro atoms. The molecule has 18 heavy (non-hydrogen) atoms. The first-order valence-electron chi connectivity index (χ1n) is 6.13. The largest absolute Gasteiger partial charge is 0.349 e. The van der Waals surface area contributed by atoms with Crippen molar-refractivity contribution in [1.82, 2.24) is 4.57 Å². The summed E-state index contributed by atoms with van der Waals surface area (Å²) in [5.41, 5.74) is 1.84. The van der Waals surface area contributed by atoms with Crippen molar-refractivity contribution in [2.45, 2.75) is 26.3 Å². The number of aromatic nitrogens is 1. The molecule has 1 aromatic heterocycles. The molecule has 0 amide bonds. The van der Waals surface area contributed by atoms with Crippen molar-refractivity contribution in [3.05, 3.63) is 58.9 Å². The van der Waals surface area contributed by atoms with Gasteiger partial charge in [-0.15, -0.1) is 0 Å². The van der Waals surface area contributed by atoms with Gasteiger partial charge in [-0.25, -0.2) is 0 Å². The van der Waals surface area contributed by atoms with E-state index in [1.165, 1.54) is 0 Å². The molecule has 2 nitrogen and oxygen atoms in total. The molecule has 0 fully saturated rings. The second-order valence-corrected chi connectivity index (χ2v) is 4.74. The highest BCUT2D eigenvalue weighted by Crippen LogP contribution is 2.17. The molecule has 94 valence electrons. The zero-order chi connectivity index (χ0) is 13.0. The zero-order valence-corrected chi connectivity index (χ0v) is 11.2. The number of hydrogen-bond donors (Lipinski definition) is 0. The lowest BCUT2D eigenvalue weighted by Crippen LogP contribution is -1.99. The maximum Gasteiger partial charge on any atom is 0.164 e. The predicted octanol–water partition coefficient (Wildman–Crippen LogP) is 4.17. The van der Waals surface area contributed by atoms with Gasteiger partial charge in [0.15, 0.2) is 5.78 Å². The quantitative estimate of drug-likeness (QED) is 0.741. The molecular weight excluding hydrogens is 246 g/mol. The molecule has 0 saturated carbocycles.